The van der Waals surface area contributed by atoms with Crippen molar-refractivity contribution in [2.24, 2.45) is 0 Å². The van der Waals surface area contributed by atoms with Gasteiger partial charge in [0.15, 0.2) is 6.10 Å². The van der Waals surface area contributed by atoms with E-state index >= 15 is 0 Å². The van der Waals surface area contributed by atoms with E-state index in [-0.39, 0.29) is 0 Å². The van der Waals surface area contributed by atoms with Crippen molar-refractivity contribution in [3.63, 3.8) is 0 Å². The second kappa shape index (κ2) is 7.80. The highest BCUT2D eigenvalue weighted by atomic mass is 16.5. The molecule has 1 unspecified atom stereocenters. The van der Waals surface area contributed by atoms with E-state index in [0.717, 1.165) is 12.8 Å². The van der Waals surface area contributed by atoms with Gasteiger partial charge in [-0.3, -0.25) is 0 Å². The van der Waals surface area contributed by atoms with E-state index in [1.54, 1.807) is 6.08 Å². The molecule has 0 aromatic heterocycles. The first kappa shape index (κ1) is 12.2. The predicted octanol–water partition coefficient (Wildman–Crippen LogP) is 2.22. The molecule has 0 bridgehead atoms. The van der Waals surface area contributed by atoms with Crippen LogP contribution in [0.1, 0.15) is 32.6 Å². The van der Waals surface area contributed by atoms with Crippen LogP contribution >= 0.6 is 0 Å². The number of hydrogen-bond acceptors (Lipinski definition) is 2. The molecule has 3 nitrogen and oxygen atoms in total. The standard InChI is InChI=1S/C10H18O3/c1-3-4-5-6-7-8-9(13-2)10(11)12/h7-9H,3-6H2,1-2H3,(H,11,12)/b8-7+. The van der Waals surface area contributed by atoms with Crippen LogP contribution in [-0.4, -0.2) is 24.3 Å². The molecule has 1 atom stereocenters. The first-order chi connectivity index (χ1) is 6.22. The molecule has 0 spiro atoms. The fourth-order valence-corrected chi connectivity index (χ4v) is 0.994. The predicted molar refractivity (Wildman–Crippen MR) is 51.7 cm³/mol. The summed E-state index contributed by atoms with van der Waals surface area (Å²) in [7, 11) is 1.40. The minimum Gasteiger partial charge on any atom is -0.479 e. The average molecular weight is 186 g/mol. The monoisotopic (exact) mass is 186 g/mol. The first-order valence-corrected chi connectivity index (χ1v) is 4.64. The number of rotatable bonds is 7. The van der Waals surface area contributed by atoms with E-state index in [2.05, 4.69) is 6.92 Å². The van der Waals surface area contributed by atoms with Gasteiger partial charge in [0.25, 0.3) is 0 Å². The van der Waals surface area contributed by atoms with Crippen molar-refractivity contribution in [1.29, 1.82) is 0 Å². The summed E-state index contributed by atoms with van der Waals surface area (Å²) in [4.78, 5) is 10.5. The molecule has 13 heavy (non-hydrogen) atoms. The zero-order valence-corrected chi connectivity index (χ0v) is 8.32. The topological polar surface area (TPSA) is 46.5 Å². The summed E-state index contributed by atoms with van der Waals surface area (Å²) in [6.45, 7) is 2.14. The average Bonchev–Trinajstić information content (AvgIpc) is 2.10. The summed E-state index contributed by atoms with van der Waals surface area (Å²) in [6.07, 6.45) is 7.09. The molecule has 0 rings (SSSR count). The zero-order chi connectivity index (χ0) is 10.1. The molecule has 0 aromatic carbocycles. The van der Waals surface area contributed by atoms with E-state index in [1.165, 1.54) is 20.0 Å². The Balaban J connectivity index is 3.61. The fourth-order valence-electron chi connectivity index (χ4n) is 0.994. The van der Waals surface area contributed by atoms with Gasteiger partial charge in [-0.2, -0.15) is 0 Å². The number of aliphatic carboxylic acids is 1. The molecular weight excluding hydrogens is 168 g/mol. The number of methoxy groups -OCH3 is 1. The molecule has 0 aliphatic rings. The van der Waals surface area contributed by atoms with E-state index in [9.17, 15) is 4.79 Å². The van der Waals surface area contributed by atoms with Gasteiger partial charge in [0.1, 0.15) is 0 Å². The van der Waals surface area contributed by atoms with Crippen molar-refractivity contribution in [3.8, 4) is 0 Å². The third-order valence-electron chi connectivity index (χ3n) is 1.78. The normalized spacial score (nSPS) is 13.4. The molecule has 3 heteroatoms. The van der Waals surface area contributed by atoms with E-state index in [0.29, 0.717) is 0 Å². The van der Waals surface area contributed by atoms with Crippen molar-refractivity contribution in [1.82, 2.24) is 0 Å². The maximum atomic E-state index is 10.5. The van der Waals surface area contributed by atoms with Crippen LogP contribution in [0.3, 0.4) is 0 Å². The number of carboxylic acid groups (broad SMARTS) is 1. The molecule has 0 radical (unpaired) electrons. The molecule has 0 heterocycles. The summed E-state index contributed by atoms with van der Waals surface area (Å²) >= 11 is 0. The number of unbranched alkanes of at least 4 members (excludes halogenated alkanes) is 3. The highest BCUT2D eigenvalue weighted by Gasteiger charge is 2.10. The van der Waals surface area contributed by atoms with Crippen LogP contribution in [0.5, 0.6) is 0 Å². The van der Waals surface area contributed by atoms with Crippen LogP contribution in [0.2, 0.25) is 0 Å². The molecule has 0 saturated heterocycles. The van der Waals surface area contributed by atoms with Crippen LogP contribution in [0, 0.1) is 0 Å². The Morgan fingerprint density at radius 1 is 1.54 bits per heavy atom. The Hall–Kier alpha value is -0.830. The van der Waals surface area contributed by atoms with Crippen molar-refractivity contribution in [2.75, 3.05) is 7.11 Å². The Bertz CT molecular complexity index is 164. The zero-order valence-electron chi connectivity index (χ0n) is 8.32. The lowest BCUT2D eigenvalue weighted by molar-refractivity contribution is -0.145. The Kier molecular flexibility index (Phi) is 7.30. The second-order valence-electron chi connectivity index (χ2n) is 2.92. The molecule has 0 saturated carbocycles. The molecule has 0 amide bonds. The number of hydrogen-bond donors (Lipinski definition) is 1. The maximum absolute atomic E-state index is 10.5. The molecule has 0 fully saturated rings. The molecule has 0 aliphatic carbocycles. The Labute approximate surface area is 79.4 Å². The third kappa shape index (κ3) is 6.34. The lowest BCUT2D eigenvalue weighted by atomic mass is 10.2. The lowest BCUT2D eigenvalue weighted by Gasteiger charge is -2.03. The number of carboxylic acids is 1. The van der Waals surface area contributed by atoms with Gasteiger partial charge in [0, 0.05) is 7.11 Å². The highest BCUT2D eigenvalue weighted by molar-refractivity contribution is 5.74. The van der Waals surface area contributed by atoms with E-state index in [1.807, 2.05) is 6.08 Å². The van der Waals surface area contributed by atoms with Crippen molar-refractivity contribution < 1.29 is 14.6 Å². The van der Waals surface area contributed by atoms with Crippen LogP contribution in [0.15, 0.2) is 12.2 Å². The lowest BCUT2D eigenvalue weighted by Crippen LogP contribution is -2.19. The quantitative estimate of drug-likeness (QED) is 0.490. The summed E-state index contributed by atoms with van der Waals surface area (Å²) in [5, 5.41) is 8.60. The van der Waals surface area contributed by atoms with Gasteiger partial charge in [0.2, 0.25) is 0 Å². The summed E-state index contributed by atoms with van der Waals surface area (Å²) < 4.78 is 4.73. The summed E-state index contributed by atoms with van der Waals surface area (Å²) in [6, 6.07) is 0. The van der Waals surface area contributed by atoms with E-state index < -0.39 is 12.1 Å². The SMILES string of the molecule is CCCCC/C=C/C(OC)C(=O)O. The van der Waals surface area contributed by atoms with Crippen LogP contribution in [0.4, 0.5) is 0 Å². The van der Waals surface area contributed by atoms with Gasteiger partial charge in [0.05, 0.1) is 0 Å². The molecule has 76 valence electrons. The molecular formula is C10H18O3. The molecule has 0 aromatic rings. The van der Waals surface area contributed by atoms with Crippen molar-refractivity contribution in [3.05, 3.63) is 12.2 Å². The highest BCUT2D eigenvalue weighted by Crippen LogP contribution is 2.01. The Morgan fingerprint density at radius 2 is 2.23 bits per heavy atom. The van der Waals surface area contributed by atoms with Gasteiger partial charge in [-0.15, -0.1) is 0 Å². The smallest absolute Gasteiger partial charge is 0.336 e. The third-order valence-corrected chi connectivity index (χ3v) is 1.78. The van der Waals surface area contributed by atoms with E-state index in [4.69, 9.17) is 9.84 Å². The first-order valence-electron chi connectivity index (χ1n) is 4.64. The molecule has 0 aliphatic heterocycles. The van der Waals surface area contributed by atoms with Gasteiger partial charge in [-0.1, -0.05) is 25.8 Å². The largest absolute Gasteiger partial charge is 0.479 e. The van der Waals surface area contributed by atoms with Gasteiger partial charge >= 0.3 is 5.97 Å². The maximum Gasteiger partial charge on any atom is 0.336 e. The summed E-state index contributed by atoms with van der Waals surface area (Å²) in [5.74, 6) is -0.936. The fraction of sp³-hybridized carbons (Fsp3) is 0.700. The van der Waals surface area contributed by atoms with Gasteiger partial charge < -0.3 is 9.84 Å². The number of ether oxygens (including phenoxy) is 1. The van der Waals surface area contributed by atoms with Crippen LogP contribution in [0.25, 0.3) is 0 Å². The van der Waals surface area contributed by atoms with Crippen molar-refractivity contribution >= 4 is 5.97 Å². The van der Waals surface area contributed by atoms with Gasteiger partial charge in [-0.25, -0.2) is 4.79 Å². The van der Waals surface area contributed by atoms with Crippen LogP contribution in [-0.2, 0) is 9.53 Å². The molecule has 1 N–H and O–H groups in total. The number of allylic oxidation sites excluding steroid dienone is 1. The van der Waals surface area contributed by atoms with Gasteiger partial charge in [-0.05, 0) is 18.9 Å². The van der Waals surface area contributed by atoms with Crippen molar-refractivity contribution in [2.45, 2.75) is 38.7 Å². The Morgan fingerprint density at radius 3 is 2.69 bits per heavy atom. The number of carbonyl (C=O) groups is 1. The minimum atomic E-state index is -0.936. The minimum absolute atomic E-state index is 0.790. The van der Waals surface area contributed by atoms with Crippen LogP contribution < -0.4 is 0 Å². The second-order valence-corrected chi connectivity index (χ2v) is 2.92. The summed E-state index contributed by atoms with van der Waals surface area (Å²) in [5.41, 5.74) is 0.